The Hall–Kier alpha value is -2.25. The molecule has 0 fully saturated rings. The average molecular weight is 256 g/mol. The van der Waals surface area contributed by atoms with E-state index in [0.29, 0.717) is 5.69 Å². The summed E-state index contributed by atoms with van der Waals surface area (Å²) in [4.78, 5) is 11.5. The van der Waals surface area contributed by atoms with Crippen LogP contribution in [0.4, 0.5) is 10.7 Å². The third kappa shape index (κ3) is 3.37. The van der Waals surface area contributed by atoms with Crippen LogP contribution >= 0.6 is 0 Å². The monoisotopic (exact) mass is 256 g/mol. The van der Waals surface area contributed by atoms with Gasteiger partial charge in [-0.1, -0.05) is 10.3 Å². The highest BCUT2D eigenvalue weighted by molar-refractivity contribution is 6.04. The zero-order chi connectivity index (χ0) is 13.9. The summed E-state index contributed by atoms with van der Waals surface area (Å²) in [6.45, 7) is 6.77. The first-order chi connectivity index (χ1) is 8.24. The number of hydrogen-bond acceptors (Lipinski definition) is 6. The van der Waals surface area contributed by atoms with E-state index < -0.39 is 11.7 Å². The number of aromatic nitrogens is 1. The van der Waals surface area contributed by atoms with Gasteiger partial charge in [-0.05, 0) is 27.7 Å². The standard InChI is InChI=1S/C10H16N4O4/c1-5-6(7(11)13-16)8(18-14-5)12-9(15)17-10(2,3)4/h16H,1-4H3,(H2,11,13)(H,12,15). The summed E-state index contributed by atoms with van der Waals surface area (Å²) >= 11 is 0. The summed E-state index contributed by atoms with van der Waals surface area (Å²) < 4.78 is 9.91. The van der Waals surface area contributed by atoms with Crippen LogP contribution in [0.2, 0.25) is 0 Å². The maximum atomic E-state index is 11.5. The van der Waals surface area contributed by atoms with Crippen molar-refractivity contribution in [1.29, 1.82) is 0 Å². The largest absolute Gasteiger partial charge is 0.444 e. The molecule has 1 amide bonds. The number of carbonyl (C=O) groups excluding carboxylic acids is 1. The van der Waals surface area contributed by atoms with Crippen molar-refractivity contribution in [3.63, 3.8) is 0 Å². The van der Waals surface area contributed by atoms with E-state index in [2.05, 4.69) is 15.6 Å². The van der Waals surface area contributed by atoms with Gasteiger partial charge in [0.15, 0.2) is 5.84 Å². The van der Waals surface area contributed by atoms with Crippen molar-refractivity contribution in [2.45, 2.75) is 33.3 Å². The lowest BCUT2D eigenvalue weighted by molar-refractivity contribution is 0.0631. The van der Waals surface area contributed by atoms with Gasteiger partial charge in [-0.2, -0.15) is 0 Å². The minimum Gasteiger partial charge on any atom is -0.444 e. The Morgan fingerprint density at radius 1 is 1.56 bits per heavy atom. The van der Waals surface area contributed by atoms with Gasteiger partial charge >= 0.3 is 6.09 Å². The smallest absolute Gasteiger partial charge is 0.414 e. The molecule has 1 aromatic heterocycles. The molecule has 1 aromatic rings. The van der Waals surface area contributed by atoms with Gasteiger partial charge in [-0.25, -0.2) is 4.79 Å². The molecule has 100 valence electrons. The molecule has 0 saturated carbocycles. The summed E-state index contributed by atoms with van der Waals surface area (Å²) in [5.41, 5.74) is 5.41. The van der Waals surface area contributed by atoms with E-state index >= 15 is 0 Å². The molecular weight excluding hydrogens is 240 g/mol. The molecule has 0 aromatic carbocycles. The first kappa shape index (κ1) is 13.8. The zero-order valence-electron chi connectivity index (χ0n) is 10.6. The Morgan fingerprint density at radius 3 is 2.67 bits per heavy atom. The number of aryl methyl sites for hydroxylation is 1. The van der Waals surface area contributed by atoms with E-state index in [9.17, 15) is 4.79 Å². The lowest BCUT2D eigenvalue weighted by atomic mass is 10.2. The molecule has 0 radical (unpaired) electrons. The molecular formula is C10H16N4O4. The van der Waals surface area contributed by atoms with E-state index in [-0.39, 0.29) is 17.3 Å². The van der Waals surface area contributed by atoms with Gasteiger partial charge in [0.25, 0.3) is 0 Å². The van der Waals surface area contributed by atoms with E-state index in [1.54, 1.807) is 27.7 Å². The number of oxime groups is 1. The number of nitrogens with two attached hydrogens (primary N) is 1. The van der Waals surface area contributed by atoms with Gasteiger partial charge < -0.3 is 20.2 Å². The van der Waals surface area contributed by atoms with Gasteiger partial charge in [-0.15, -0.1) is 0 Å². The van der Waals surface area contributed by atoms with Crippen LogP contribution in [0.1, 0.15) is 32.0 Å². The Labute approximate surface area is 104 Å². The van der Waals surface area contributed by atoms with Gasteiger partial charge in [0.1, 0.15) is 11.2 Å². The Bertz CT molecular complexity index is 473. The van der Waals surface area contributed by atoms with Crippen LogP contribution in [0.5, 0.6) is 0 Å². The molecule has 0 bridgehead atoms. The number of rotatable bonds is 2. The number of anilines is 1. The van der Waals surface area contributed by atoms with E-state index in [4.69, 9.17) is 20.2 Å². The minimum atomic E-state index is -0.717. The fourth-order valence-electron chi connectivity index (χ4n) is 1.20. The van der Waals surface area contributed by atoms with Crippen molar-refractivity contribution >= 4 is 17.8 Å². The Balaban J connectivity index is 2.89. The van der Waals surface area contributed by atoms with E-state index in [0.717, 1.165) is 0 Å². The van der Waals surface area contributed by atoms with Crippen LogP contribution in [-0.2, 0) is 4.74 Å². The second-order valence-electron chi connectivity index (χ2n) is 4.58. The lowest BCUT2D eigenvalue weighted by Crippen LogP contribution is -2.28. The predicted molar refractivity (Wildman–Crippen MR) is 63.6 cm³/mol. The number of amidine groups is 1. The second-order valence-corrected chi connectivity index (χ2v) is 4.58. The van der Waals surface area contributed by atoms with E-state index in [1.165, 1.54) is 0 Å². The molecule has 1 rings (SSSR count). The van der Waals surface area contributed by atoms with Crippen LogP contribution < -0.4 is 11.1 Å². The van der Waals surface area contributed by atoms with Crippen LogP contribution in [0, 0.1) is 6.92 Å². The molecule has 1 heterocycles. The molecule has 0 spiro atoms. The lowest BCUT2D eigenvalue weighted by Gasteiger charge is -2.19. The minimum absolute atomic E-state index is 0.0305. The first-order valence-electron chi connectivity index (χ1n) is 5.18. The third-order valence-electron chi connectivity index (χ3n) is 1.84. The summed E-state index contributed by atoms with van der Waals surface area (Å²) in [5.74, 6) is -0.239. The van der Waals surface area contributed by atoms with Gasteiger partial charge in [0, 0.05) is 0 Å². The molecule has 0 aliphatic rings. The molecule has 8 nitrogen and oxygen atoms in total. The summed E-state index contributed by atoms with van der Waals surface area (Å²) in [6.07, 6.45) is -0.717. The third-order valence-corrected chi connectivity index (χ3v) is 1.84. The van der Waals surface area contributed by atoms with Crippen LogP contribution in [0.15, 0.2) is 9.68 Å². The van der Waals surface area contributed by atoms with Gasteiger partial charge in [0.05, 0.1) is 5.69 Å². The van der Waals surface area contributed by atoms with Crippen molar-refractivity contribution < 1.29 is 19.3 Å². The van der Waals surface area contributed by atoms with Crippen LogP contribution in [0.3, 0.4) is 0 Å². The first-order valence-corrected chi connectivity index (χ1v) is 5.18. The Morgan fingerprint density at radius 2 is 2.17 bits per heavy atom. The average Bonchev–Trinajstić information content (AvgIpc) is 2.56. The maximum absolute atomic E-state index is 11.5. The molecule has 8 heteroatoms. The van der Waals surface area contributed by atoms with Gasteiger partial charge in [-0.3, -0.25) is 5.32 Å². The highest BCUT2D eigenvalue weighted by Crippen LogP contribution is 2.19. The number of nitrogens with one attached hydrogen (secondary N) is 1. The molecule has 4 N–H and O–H groups in total. The molecule has 0 saturated heterocycles. The van der Waals surface area contributed by atoms with Crippen molar-refractivity contribution in [1.82, 2.24) is 5.16 Å². The normalized spacial score (nSPS) is 12.3. The van der Waals surface area contributed by atoms with Crippen LogP contribution in [-0.4, -0.2) is 27.9 Å². The molecule has 0 aliphatic heterocycles. The summed E-state index contributed by atoms with van der Waals surface area (Å²) in [5, 5.41) is 17.4. The van der Waals surface area contributed by atoms with Crippen molar-refractivity contribution in [2.24, 2.45) is 10.9 Å². The summed E-state index contributed by atoms with van der Waals surface area (Å²) in [7, 11) is 0. The number of nitrogens with zero attached hydrogens (tertiary/aromatic N) is 2. The number of hydrogen-bond donors (Lipinski definition) is 3. The fraction of sp³-hybridized carbons (Fsp3) is 0.500. The van der Waals surface area contributed by atoms with Crippen LogP contribution in [0.25, 0.3) is 0 Å². The second kappa shape index (κ2) is 4.94. The summed E-state index contributed by atoms with van der Waals surface area (Å²) in [6, 6.07) is 0. The maximum Gasteiger partial charge on any atom is 0.414 e. The number of amides is 1. The highest BCUT2D eigenvalue weighted by atomic mass is 16.6. The van der Waals surface area contributed by atoms with Crippen molar-refractivity contribution in [2.75, 3.05) is 5.32 Å². The molecule has 18 heavy (non-hydrogen) atoms. The SMILES string of the molecule is Cc1noc(NC(=O)OC(C)(C)C)c1C(N)=NO. The van der Waals surface area contributed by atoms with Gasteiger partial charge in [0.2, 0.25) is 5.88 Å². The number of ether oxygens (including phenoxy) is 1. The zero-order valence-corrected chi connectivity index (χ0v) is 10.6. The molecule has 0 unspecified atom stereocenters. The molecule has 0 atom stereocenters. The molecule has 0 aliphatic carbocycles. The topological polar surface area (TPSA) is 123 Å². The quantitative estimate of drug-likeness (QED) is 0.318. The van der Waals surface area contributed by atoms with Crippen molar-refractivity contribution in [3.8, 4) is 0 Å². The predicted octanol–water partition coefficient (Wildman–Crippen LogP) is 1.42. The highest BCUT2D eigenvalue weighted by Gasteiger charge is 2.22. The Kier molecular flexibility index (Phi) is 3.79. The fourth-order valence-corrected chi connectivity index (χ4v) is 1.20. The van der Waals surface area contributed by atoms with Crippen molar-refractivity contribution in [3.05, 3.63) is 11.3 Å². The van der Waals surface area contributed by atoms with E-state index in [1.807, 2.05) is 0 Å². The number of carbonyl (C=O) groups is 1.